The van der Waals surface area contributed by atoms with Gasteiger partial charge in [-0.05, 0) is 20.8 Å². The number of nitrogens with one attached hydrogen (secondary N) is 2. The van der Waals surface area contributed by atoms with Crippen LogP contribution in [0, 0.1) is 0 Å². The zero-order chi connectivity index (χ0) is 15.2. The topological polar surface area (TPSA) is 108 Å². The van der Waals surface area contributed by atoms with Gasteiger partial charge in [0.2, 0.25) is 5.91 Å². The zero-order valence-corrected chi connectivity index (χ0v) is 11.8. The number of carboxylic acid groups (broad SMARTS) is 1. The summed E-state index contributed by atoms with van der Waals surface area (Å²) in [5.41, 5.74) is -0.661. The number of carbonyl (C=O) groups excluding carboxylic acids is 2. The van der Waals surface area contributed by atoms with Crippen molar-refractivity contribution in [2.24, 2.45) is 0 Å². The maximum Gasteiger partial charge on any atom is 0.407 e. The molecule has 0 bridgehead atoms. The minimum Gasteiger partial charge on any atom is -0.465 e. The van der Waals surface area contributed by atoms with E-state index in [0.717, 1.165) is 0 Å². The van der Waals surface area contributed by atoms with Crippen molar-refractivity contribution in [1.29, 1.82) is 0 Å². The first-order valence-corrected chi connectivity index (χ1v) is 5.70. The third-order valence-electron chi connectivity index (χ3n) is 1.89. The average molecular weight is 275 g/mol. The number of carbonyl (C=O) groups is 3. The van der Waals surface area contributed by atoms with Gasteiger partial charge in [-0.25, -0.2) is 9.59 Å². The molecule has 0 heterocycles. The lowest BCUT2D eigenvalue weighted by Crippen LogP contribution is -2.52. The van der Waals surface area contributed by atoms with Crippen LogP contribution < -0.4 is 10.6 Å². The quantitative estimate of drug-likeness (QED) is 0.681. The zero-order valence-electron chi connectivity index (χ0n) is 11.8. The SMILES string of the molecule is CN(C)C(=O)[C@H](CNC(=O)OC(C)(C)C)NC(=O)O. The van der Waals surface area contributed by atoms with Gasteiger partial charge in [0.1, 0.15) is 11.6 Å². The number of amides is 3. The van der Waals surface area contributed by atoms with Crippen molar-refractivity contribution in [3.63, 3.8) is 0 Å². The second-order valence-corrected chi connectivity index (χ2v) is 5.12. The van der Waals surface area contributed by atoms with Gasteiger partial charge in [-0.2, -0.15) is 0 Å². The number of hydrogen-bond acceptors (Lipinski definition) is 4. The number of hydrogen-bond donors (Lipinski definition) is 3. The molecule has 0 aromatic rings. The van der Waals surface area contributed by atoms with Crippen LogP contribution in [-0.4, -0.2) is 60.4 Å². The summed E-state index contributed by atoms with van der Waals surface area (Å²) in [5, 5.41) is 13.0. The highest BCUT2D eigenvalue weighted by Gasteiger charge is 2.24. The van der Waals surface area contributed by atoms with E-state index in [1.54, 1.807) is 20.8 Å². The van der Waals surface area contributed by atoms with Crippen molar-refractivity contribution in [2.75, 3.05) is 20.6 Å². The molecule has 0 saturated heterocycles. The fraction of sp³-hybridized carbons (Fsp3) is 0.727. The Morgan fingerprint density at radius 1 is 1.26 bits per heavy atom. The van der Waals surface area contributed by atoms with Crippen LogP contribution in [0.2, 0.25) is 0 Å². The summed E-state index contributed by atoms with van der Waals surface area (Å²) in [5.74, 6) is -0.460. The highest BCUT2D eigenvalue weighted by molar-refractivity contribution is 5.85. The summed E-state index contributed by atoms with van der Waals surface area (Å²) < 4.78 is 4.98. The molecular formula is C11H21N3O5. The van der Waals surface area contributed by atoms with Crippen molar-refractivity contribution in [1.82, 2.24) is 15.5 Å². The van der Waals surface area contributed by atoms with Gasteiger partial charge in [-0.15, -0.1) is 0 Å². The fourth-order valence-corrected chi connectivity index (χ4v) is 1.16. The molecule has 0 rings (SSSR count). The second-order valence-electron chi connectivity index (χ2n) is 5.12. The van der Waals surface area contributed by atoms with E-state index in [2.05, 4.69) is 5.32 Å². The molecule has 1 atom stereocenters. The van der Waals surface area contributed by atoms with Gasteiger partial charge < -0.3 is 25.4 Å². The molecule has 0 aliphatic heterocycles. The van der Waals surface area contributed by atoms with E-state index in [0.29, 0.717) is 0 Å². The number of alkyl carbamates (subject to hydrolysis) is 1. The van der Waals surface area contributed by atoms with Crippen molar-refractivity contribution in [3.8, 4) is 0 Å². The van der Waals surface area contributed by atoms with Gasteiger partial charge in [0.25, 0.3) is 0 Å². The molecule has 3 amide bonds. The maximum absolute atomic E-state index is 11.7. The average Bonchev–Trinajstić information content (AvgIpc) is 2.19. The number of rotatable bonds is 4. The third kappa shape index (κ3) is 7.85. The van der Waals surface area contributed by atoms with Crippen LogP contribution in [-0.2, 0) is 9.53 Å². The minimum absolute atomic E-state index is 0.182. The van der Waals surface area contributed by atoms with Crippen molar-refractivity contribution in [2.45, 2.75) is 32.4 Å². The third-order valence-corrected chi connectivity index (χ3v) is 1.89. The summed E-state index contributed by atoms with van der Waals surface area (Å²) >= 11 is 0. The molecule has 0 aromatic carbocycles. The van der Waals surface area contributed by atoms with Gasteiger partial charge >= 0.3 is 12.2 Å². The van der Waals surface area contributed by atoms with Gasteiger partial charge in [-0.1, -0.05) is 0 Å². The molecule has 110 valence electrons. The Morgan fingerprint density at radius 3 is 2.16 bits per heavy atom. The molecule has 8 nitrogen and oxygen atoms in total. The molecule has 0 aliphatic carbocycles. The van der Waals surface area contributed by atoms with Gasteiger partial charge in [-0.3, -0.25) is 4.79 Å². The van der Waals surface area contributed by atoms with Crippen LogP contribution in [0.25, 0.3) is 0 Å². The molecule has 0 aromatic heterocycles. The first-order chi connectivity index (χ1) is 8.53. The van der Waals surface area contributed by atoms with Crippen LogP contribution in [0.15, 0.2) is 0 Å². The first-order valence-electron chi connectivity index (χ1n) is 5.70. The Bertz CT molecular complexity index is 349. The van der Waals surface area contributed by atoms with Crippen molar-refractivity contribution < 1.29 is 24.2 Å². The molecule has 0 radical (unpaired) electrons. The van der Waals surface area contributed by atoms with Crippen molar-refractivity contribution >= 4 is 18.1 Å². The van der Waals surface area contributed by atoms with Gasteiger partial charge in [0.15, 0.2) is 0 Å². The summed E-state index contributed by atoms with van der Waals surface area (Å²) in [4.78, 5) is 34.9. The lowest BCUT2D eigenvalue weighted by molar-refractivity contribution is -0.130. The fourth-order valence-electron chi connectivity index (χ4n) is 1.16. The smallest absolute Gasteiger partial charge is 0.407 e. The standard InChI is InChI=1S/C11H21N3O5/c1-11(2,3)19-10(18)12-6-7(13-9(16)17)8(15)14(4)5/h7,13H,6H2,1-5H3,(H,12,18)(H,16,17)/t7-/m0/s1. The van der Waals surface area contributed by atoms with Crippen LogP contribution >= 0.6 is 0 Å². The predicted molar refractivity (Wildman–Crippen MR) is 67.9 cm³/mol. The molecule has 19 heavy (non-hydrogen) atoms. The summed E-state index contributed by atoms with van der Waals surface area (Å²) in [6.45, 7) is 4.91. The Balaban J connectivity index is 4.46. The Kier molecular flexibility index (Phi) is 6.10. The molecule has 3 N–H and O–H groups in total. The molecule has 0 saturated carbocycles. The van der Waals surface area contributed by atoms with E-state index in [-0.39, 0.29) is 6.54 Å². The molecule has 8 heteroatoms. The van der Waals surface area contributed by atoms with E-state index < -0.39 is 29.7 Å². The van der Waals surface area contributed by atoms with Crippen molar-refractivity contribution in [3.05, 3.63) is 0 Å². The molecule has 0 aliphatic rings. The van der Waals surface area contributed by atoms with E-state index in [1.807, 2.05) is 5.32 Å². The van der Waals surface area contributed by atoms with E-state index >= 15 is 0 Å². The minimum atomic E-state index is -1.34. The monoisotopic (exact) mass is 275 g/mol. The normalized spacial score (nSPS) is 12.3. The van der Waals surface area contributed by atoms with Gasteiger partial charge in [0, 0.05) is 14.1 Å². The van der Waals surface area contributed by atoms with Crippen LogP contribution in [0.3, 0.4) is 0 Å². The number of likely N-dealkylation sites (N-methyl/N-ethyl adjacent to an activating group) is 1. The molecule has 0 fully saturated rings. The second kappa shape index (κ2) is 6.81. The highest BCUT2D eigenvalue weighted by Crippen LogP contribution is 2.06. The van der Waals surface area contributed by atoms with E-state index in [9.17, 15) is 14.4 Å². The maximum atomic E-state index is 11.7. The Labute approximate surface area is 112 Å². The molecule has 0 spiro atoms. The summed E-state index contributed by atoms with van der Waals surface area (Å²) in [7, 11) is 2.98. The van der Waals surface area contributed by atoms with Gasteiger partial charge in [0.05, 0.1) is 6.54 Å². The van der Waals surface area contributed by atoms with Crippen LogP contribution in [0.5, 0.6) is 0 Å². The lowest BCUT2D eigenvalue weighted by atomic mass is 10.2. The summed E-state index contributed by atoms with van der Waals surface area (Å²) in [6, 6.07) is -1.06. The Morgan fingerprint density at radius 2 is 1.79 bits per heavy atom. The number of ether oxygens (including phenoxy) is 1. The Hall–Kier alpha value is -1.99. The largest absolute Gasteiger partial charge is 0.465 e. The van der Waals surface area contributed by atoms with Crippen LogP contribution in [0.4, 0.5) is 9.59 Å². The highest BCUT2D eigenvalue weighted by atomic mass is 16.6. The molecule has 0 unspecified atom stereocenters. The van der Waals surface area contributed by atoms with E-state index in [1.165, 1.54) is 19.0 Å². The number of nitrogens with zero attached hydrogens (tertiary/aromatic N) is 1. The first kappa shape index (κ1) is 17.0. The summed E-state index contributed by atoms with van der Waals surface area (Å²) in [6.07, 6.45) is -2.05. The lowest BCUT2D eigenvalue weighted by Gasteiger charge is -2.23. The van der Waals surface area contributed by atoms with Crippen LogP contribution in [0.1, 0.15) is 20.8 Å². The predicted octanol–water partition coefficient (Wildman–Crippen LogP) is 0.236. The van der Waals surface area contributed by atoms with E-state index in [4.69, 9.17) is 9.84 Å². The molecular weight excluding hydrogens is 254 g/mol.